The largest absolute Gasteiger partial charge is 0.497 e. The molecule has 24 heavy (non-hydrogen) atoms. The summed E-state index contributed by atoms with van der Waals surface area (Å²) in [5.41, 5.74) is 1.86. The third-order valence-corrected chi connectivity index (χ3v) is 3.85. The van der Waals surface area contributed by atoms with Crippen molar-refractivity contribution in [3.05, 3.63) is 60.2 Å². The Morgan fingerprint density at radius 1 is 1.12 bits per heavy atom. The molecule has 0 aromatic heterocycles. The molecule has 0 saturated carbocycles. The highest BCUT2D eigenvalue weighted by molar-refractivity contribution is 5.89. The predicted molar refractivity (Wildman–Crippen MR) is 95.5 cm³/mol. The van der Waals surface area contributed by atoms with Gasteiger partial charge in [0, 0.05) is 24.9 Å². The van der Waals surface area contributed by atoms with Gasteiger partial charge in [0.1, 0.15) is 5.75 Å². The highest BCUT2D eigenvalue weighted by Crippen LogP contribution is 2.22. The Morgan fingerprint density at radius 2 is 1.92 bits per heavy atom. The van der Waals surface area contributed by atoms with Gasteiger partial charge in [0.05, 0.1) is 7.11 Å². The van der Waals surface area contributed by atoms with Crippen LogP contribution in [0.25, 0.3) is 0 Å². The summed E-state index contributed by atoms with van der Waals surface area (Å²) in [6, 6.07) is 17.0. The zero-order valence-electron chi connectivity index (χ0n) is 13.9. The molecule has 5 nitrogen and oxygen atoms in total. The van der Waals surface area contributed by atoms with Gasteiger partial charge in [-0.3, -0.25) is 0 Å². The van der Waals surface area contributed by atoms with E-state index >= 15 is 0 Å². The number of hydrogen-bond donors (Lipinski definition) is 3. The van der Waals surface area contributed by atoms with E-state index in [2.05, 4.69) is 22.8 Å². The summed E-state index contributed by atoms with van der Waals surface area (Å²) in [7, 11) is 1.59. The Labute approximate surface area is 142 Å². The average molecular weight is 328 g/mol. The number of rotatable bonds is 8. The minimum atomic E-state index is -0.251. The molecule has 0 radical (unpaired) electrons. The van der Waals surface area contributed by atoms with Gasteiger partial charge in [-0.05, 0) is 36.5 Å². The molecule has 1 unspecified atom stereocenters. The van der Waals surface area contributed by atoms with Crippen LogP contribution in [0, 0.1) is 0 Å². The number of hydrogen-bond acceptors (Lipinski definition) is 3. The first-order valence-corrected chi connectivity index (χ1v) is 8.07. The number of benzene rings is 2. The minimum absolute atomic E-state index is 0.134. The van der Waals surface area contributed by atoms with E-state index in [9.17, 15) is 9.90 Å². The standard InChI is InChI=1S/C19H24N2O3/c1-24-18-9-5-8-17(14-18)21-19(23)20-12-10-16(11-13-22)15-6-3-2-4-7-15/h2-9,14,16,22H,10-13H2,1H3,(H2,20,21,23). The van der Waals surface area contributed by atoms with E-state index in [4.69, 9.17) is 4.74 Å². The molecular weight excluding hydrogens is 304 g/mol. The smallest absolute Gasteiger partial charge is 0.319 e. The first-order valence-electron chi connectivity index (χ1n) is 8.07. The molecule has 0 heterocycles. The molecule has 0 saturated heterocycles. The van der Waals surface area contributed by atoms with Gasteiger partial charge in [0.2, 0.25) is 0 Å². The van der Waals surface area contributed by atoms with E-state index in [1.165, 1.54) is 5.56 Å². The van der Waals surface area contributed by atoms with Crippen LogP contribution >= 0.6 is 0 Å². The van der Waals surface area contributed by atoms with Crippen molar-refractivity contribution in [3.63, 3.8) is 0 Å². The van der Waals surface area contributed by atoms with Crippen LogP contribution in [0.3, 0.4) is 0 Å². The maximum Gasteiger partial charge on any atom is 0.319 e. The van der Waals surface area contributed by atoms with Crippen molar-refractivity contribution in [1.29, 1.82) is 0 Å². The number of ether oxygens (including phenoxy) is 1. The lowest BCUT2D eigenvalue weighted by molar-refractivity contribution is 0.250. The second-order valence-electron chi connectivity index (χ2n) is 5.52. The third-order valence-electron chi connectivity index (χ3n) is 3.85. The summed E-state index contributed by atoms with van der Waals surface area (Å²) in [6.07, 6.45) is 1.46. The van der Waals surface area contributed by atoms with Crippen LogP contribution in [-0.4, -0.2) is 31.4 Å². The SMILES string of the molecule is COc1cccc(NC(=O)NCCC(CCO)c2ccccc2)c1. The van der Waals surface area contributed by atoms with Crippen molar-refractivity contribution in [1.82, 2.24) is 5.32 Å². The van der Waals surface area contributed by atoms with Crippen molar-refractivity contribution < 1.29 is 14.6 Å². The van der Waals surface area contributed by atoms with Crippen molar-refractivity contribution in [2.24, 2.45) is 0 Å². The minimum Gasteiger partial charge on any atom is -0.497 e. The van der Waals surface area contributed by atoms with E-state index in [0.29, 0.717) is 24.4 Å². The first kappa shape index (κ1) is 17.8. The number of aliphatic hydroxyl groups is 1. The molecule has 0 aliphatic carbocycles. The summed E-state index contributed by atoms with van der Waals surface area (Å²) in [6.45, 7) is 0.672. The van der Waals surface area contributed by atoms with Gasteiger partial charge >= 0.3 is 6.03 Å². The summed E-state index contributed by atoms with van der Waals surface area (Å²) < 4.78 is 5.13. The number of carbonyl (C=O) groups excluding carboxylic acids is 1. The van der Waals surface area contributed by atoms with E-state index in [1.54, 1.807) is 19.2 Å². The molecule has 5 heteroatoms. The second-order valence-corrected chi connectivity index (χ2v) is 5.52. The quantitative estimate of drug-likeness (QED) is 0.696. The summed E-state index contributed by atoms with van der Waals surface area (Å²) in [4.78, 5) is 12.0. The van der Waals surface area contributed by atoms with Crippen LogP contribution in [-0.2, 0) is 0 Å². The number of anilines is 1. The van der Waals surface area contributed by atoms with Gasteiger partial charge in [0.15, 0.2) is 0 Å². The summed E-state index contributed by atoms with van der Waals surface area (Å²) in [5.74, 6) is 0.924. The van der Waals surface area contributed by atoms with Crippen molar-refractivity contribution in [2.75, 3.05) is 25.6 Å². The monoisotopic (exact) mass is 328 g/mol. The van der Waals surface area contributed by atoms with Gasteiger partial charge in [-0.25, -0.2) is 4.79 Å². The van der Waals surface area contributed by atoms with E-state index < -0.39 is 0 Å². The number of carbonyl (C=O) groups is 1. The maximum absolute atomic E-state index is 12.0. The zero-order valence-corrected chi connectivity index (χ0v) is 13.9. The van der Waals surface area contributed by atoms with Gasteiger partial charge in [-0.2, -0.15) is 0 Å². The average Bonchev–Trinajstić information content (AvgIpc) is 2.62. The van der Waals surface area contributed by atoms with Gasteiger partial charge in [0.25, 0.3) is 0 Å². The molecule has 1 atom stereocenters. The predicted octanol–water partition coefficient (Wildman–Crippen LogP) is 3.37. The Kier molecular flexibility index (Phi) is 7.11. The molecule has 2 aromatic carbocycles. The highest BCUT2D eigenvalue weighted by atomic mass is 16.5. The Bertz CT molecular complexity index is 632. The summed E-state index contributed by atoms with van der Waals surface area (Å²) >= 11 is 0. The Balaban J connectivity index is 1.82. The number of nitrogens with one attached hydrogen (secondary N) is 2. The molecule has 128 valence electrons. The third kappa shape index (κ3) is 5.59. The zero-order chi connectivity index (χ0) is 17.2. The molecule has 2 aromatic rings. The fraction of sp³-hybridized carbons (Fsp3) is 0.316. The van der Waals surface area contributed by atoms with E-state index in [0.717, 1.165) is 6.42 Å². The lowest BCUT2D eigenvalue weighted by Gasteiger charge is -2.17. The highest BCUT2D eigenvalue weighted by Gasteiger charge is 2.11. The van der Waals surface area contributed by atoms with Crippen LogP contribution in [0.15, 0.2) is 54.6 Å². The van der Waals surface area contributed by atoms with Crippen LogP contribution in [0.4, 0.5) is 10.5 Å². The van der Waals surface area contributed by atoms with E-state index in [-0.39, 0.29) is 18.6 Å². The van der Waals surface area contributed by atoms with Crippen LogP contribution in [0.5, 0.6) is 5.75 Å². The Morgan fingerprint density at radius 3 is 2.62 bits per heavy atom. The number of urea groups is 1. The molecule has 0 aliphatic rings. The Hall–Kier alpha value is -2.53. The fourth-order valence-electron chi connectivity index (χ4n) is 2.59. The van der Waals surface area contributed by atoms with Crippen molar-refractivity contribution in [3.8, 4) is 5.75 Å². The van der Waals surface area contributed by atoms with Gasteiger partial charge in [-0.1, -0.05) is 36.4 Å². The molecule has 3 N–H and O–H groups in total. The normalized spacial score (nSPS) is 11.6. The number of amides is 2. The molecule has 0 bridgehead atoms. The lowest BCUT2D eigenvalue weighted by atomic mass is 9.93. The van der Waals surface area contributed by atoms with Crippen molar-refractivity contribution in [2.45, 2.75) is 18.8 Å². The van der Waals surface area contributed by atoms with Crippen LogP contribution < -0.4 is 15.4 Å². The lowest BCUT2D eigenvalue weighted by Crippen LogP contribution is -2.30. The molecule has 2 amide bonds. The molecule has 0 spiro atoms. The fourth-order valence-corrected chi connectivity index (χ4v) is 2.59. The molecule has 0 fully saturated rings. The summed E-state index contributed by atoms with van der Waals surface area (Å²) in [5, 5.41) is 14.9. The molecular formula is C19H24N2O3. The van der Waals surface area contributed by atoms with Crippen molar-refractivity contribution >= 4 is 11.7 Å². The maximum atomic E-state index is 12.0. The molecule has 0 aliphatic heterocycles. The van der Waals surface area contributed by atoms with Crippen LogP contribution in [0.2, 0.25) is 0 Å². The van der Waals surface area contributed by atoms with E-state index in [1.807, 2.05) is 30.3 Å². The number of methoxy groups -OCH3 is 1. The number of aliphatic hydroxyl groups excluding tert-OH is 1. The first-order chi connectivity index (χ1) is 11.7. The second kappa shape index (κ2) is 9.57. The van der Waals surface area contributed by atoms with Crippen LogP contribution in [0.1, 0.15) is 24.3 Å². The van der Waals surface area contributed by atoms with Gasteiger partial charge in [-0.15, -0.1) is 0 Å². The molecule has 2 rings (SSSR count). The topological polar surface area (TPSA) is 70.6 Å². The van der Waals surface area contributed by atoms with Gasteiger partial charge < -0.3 is 20.5 Å².